The Balaban J connectivity index is 2.21. The fourth-order valence-electron chi connectivity index (χ4n) is 3.14. The zero-order valence-corrected chi connectivity index (χ0v) is 19.3. The summed E-state index contributed by atoms with van der Waals surface area (Å²) in [6.07, 6.45) is -7.39. The highest BCUT2D eigenvalue weighted by molar-refractivity contribution is 5.82. The lowest BCUT2D eigenvalue weighted by Crippen LogP contribution is -2.55. The first kappa shape index (κ1) is 27.1. The van der Waals surface area contributed by atoms with Crippen molar-refractivity contribution in [2.45, 2.75) is 57.7 Å². The minimum absolute atomic E-state index is 0.0462. The second-order valence-corrected chi connectivity index (χ2v) is 8.81. The highest BCUT2D eigenvalue weighted by Crippen LogP contribution is 2.17. The Kier molecular flexibility index (Phi) is 9.46. The Hall–Kier alpha value is -3.11. The van der Waals surface area contributed by atoms with Crippen LogP contribution in [-0.2, 0) is 22.5 Å². The SMILES string of the molecule is CC(C)(C)OC(=O)NN(Cc1ccccc1)C[C@H](O)[C@H](Cc1ccccc1)NC(=O)C(F)(F)F. The number of alkyl halides is 3. The number of rotatable bonds is 9. The number of hydrogen-bond acceptors (Lipinski definition) is 5. The Bertz CT molecular complexity index is 919. The van der Waals surface area contributed by atoms with Gasteiger partial charge in [0.25, 0.3) is 0 Å². The summed E-state index contributed by atoms with van der Waals surface area (Å²) >= 11 is 0. The average Bonchev–Trinajstić information content (AvgIpc) is 2.72. The second-order valence-electron chi connectivity index (χ2n) is 8.81. The van der Waals surface area contributed by atoms with Crippen LogP contribution in [0.25, 0.3) is 0 Å². The average molecular weight is 482 g/mol. The normalized spacial score (nSPS) is 13.8. The second kappa shape index (κ2) is 11.8. The quantitative estimate of drug-likeness (QED) is 0.477. The minimum atomic E-state index is -5.10. The highest BCUT2D eigenvalue weighted by Gasteiger charge is 2.41. The van der Waals surface area contributed by atoms with Crippen molar-refractivity contribution in [2.75, 3.05) is 6.54 Å². The Morgan fingerprint density at radius 1 is 0.971 bits per heavy atom. The first-order valence-electron chi connectivity index (χ1n) is 10.7. The molecule has 0 saturated heterocycles. The summed E-state index contributed by atoms with van der Waals surface area (Å²) in [6, 6.07) is 16.2. The van der Waals surface area contributed by atoms with E-state index in [1.165, 1.54) is 5.01 Å². The number of carbonyl (C=O) groups excluding carboxylic acids is 2. The van der Waals surface area contributed by atoms with Gasteiger partial charge in [0.05, 0.1) is 12.1 Å². The van der Waals surface area contributed by atoms with Crippen LogP contribution >= 0.6 is 0 Å². The molecule has 0 unspecified atom stereocenters. The standard InChI is InChI=1S/C24H30F3N3O4/c1-23(2,3)34-22(33)29-30(15-18-12-8-5-9-13-18)16-20(31)19(28-21(32)24(25,26)27)14-17-10-6-4-7-11-17/h4-13,19-20,31H,14-16H2,1-3H3,(H,28,32)(H,29,33)/t19-,20-/m0/s1. The Labute approximate surface area is 196 Å². The molecule has 2 amide bonds. The summed E-state index contributed by atoms with van der Waals surface area (Å²) in [6.45, 7) is 4.93. The number of nitrogens with zero attached hydrogens (tertiary/aromatic N) is 1. The van der Waals surface area contributed by atoms with Gasteiger partial charge in [-0.2, -0.15) is 13.2 Å². The van der Waals surface area contributed by atoms with E-state index >= 15 is 0 Å². The predicted octanol–water partition coefficient (Wildman–Crippen LogP) is 3.58. The number of halogens is 3. The van der Waals surface area contributed by atoms with E-state index in [9.17, 15) is 27.9 Å². The third kappa shape index (κ3) is 9.80. The first-order valence-corrected chi connectivity index (χ1v) is 10.7. The molecule has 0 aliphatic carbocycles. The van der Waals surface area contributed by atoms with E-state index < -0.39 is 35.9 Å². The summed E-state index contributed by atoms with van der Waals surface area (Å²) in [5, 5.41) is 14.1. The molecule has 0 aromatic heterocycles. The molecule has 2 rings (SSSR count). The van der Waals surface area contributed by atoms with Gasteiger partial charge < -0.3 is 15.2 Å². The summed E-state index contributed by atoms with van der Waals surface area (Å²) in [4.78, 5) is 24.0. The van der Waals surface area contributed by atoms with Gasteiger partial charge in [-0.15, -0.1) is 0 Å². The van der Waals surface area contributed by atoms with Crippen LogP contribution in [0.1, 0.15) is 31.9 Å². The van der Waals surface area contributed by atoms with Crippen LogP contribution < -0.4 is 10.7 Å². The number of ether oxygens (including phenoxy) is 1. The van der Waals surface area contributed by atoms with Gasteiger partial charge >= 0.3 is 18.2 Å². The molecule has 7 nitrogen and oxygen atoms in total. The molecule has 0 saturated carbocycles. The molecule has 0 spiro atoms. The van der Waals surface area contributed by atoms with Crippen molar-refractivity contribution in [3.8, 4) is 0 Å². The number of nitrogens with one attached hydrogen (secondary N) is 2. The first-order chi connectivity index (χ1) is 15.8. The van der Waals surface area contributed by atoms with Crippen LogP contribution in [0.5, 0.6) is 0 Å². The molecule has 186 valence electrons. The van der Waals surface area contributed by atoms with E-state index in [-0.39, 0.29) is 19.5 Å². The van der Waals surface area contributed by atoms with E-state index in [1.54, 1.807) is 75.4 Å². The number of amides is 2. The van der Waals surface area contributed by atoms with Gasteiger partial charge in [-0.05, 0) is 38.3 Å². The molecule has 10 heteroatoms. The van der Waals surface area contributed by atoms with Gasteiger partial charge in [0.1, 0.15) is 5.60 Å². The number of carbonyl (C=O) groups is 2. The fourth-order valence-corrected chi connectivity index (χ4v) is 3.14. The summed E-state index contributed by atoms with van der Waals surface area (Å²) in [7, 11) is 0. The predicted molar refractivity (Wildman–Crippen MR) is 120 cm³/mol. The van der Waals surface area contributed by atoms with Gasteiger partial charge in [-0.25, -0.2) is 9.80 Å². The number of aliphatic hydroxyl groups excluding tert-OH is 1. The molecule has 0 heterocycles. The molecule has 34 heavy (non-hydrogen) atoms. The summed E-state index contributed by atoms with van der Waals surface area (Å²) in [5.41, 5.74) is 3.16. The van der Waals surface area contributed by atoms with Crippen LogP contribution in [0.15, 0.2) is 60.7 Å². The monoisotopic (exact) mass is 481 g/mol. The Morgan fingerprint density at radius 3 is 2.00 bits per heavy atom. The Morgan fingerprint density at radius 2 is 1.50 bits per heavy atom. The maximum absolute atomic E-state index is 12.9. The van der Waals surface area contributed by atoms with Crippen LogP contribution in [0, 0.1) is 0 Å². The topological polar surface area (TPSA) is 90.9 Å². The lowest BCUT2D eigenvalue weighted by atomic mass is 10.0. The van der Waals surface area contributed by atoms with Crippen molar-refractivity contribution in [1.82, 2.24) is 15.8 Å². The zero-order valence-electron chi connectivity index (χ0n) is 19.3. The largest absolute Gasteiger partial charge is 0.471 e. The molecule has 3 N–H and O–H groups in total. The van der Waals surface area contributed by atoms with Crippen molar-refractivity contribution in [3.05, 3.63) is 71.8 Å². The lowest BCUT2D eigenvalue weighted by Gasteiger charge is -2.31. The van der Waals surface area contributed by atoms with E-state index in [0.29, 0.717) is 5.56 Å². The third-order valence-electron chi connectivity index (χ3n) is 4.61. The number of hydrogen-bond donors (Lipinski definition) is 3. The molecule has 0 radical (unpaired) electrons. The minimum Gasteiger partial charge on any atom is -0.443 e. The zero-order chi connectivity index (χ0) is 25.4. The maximum atomic E-state index is 12.9. The lowest BCUT2D eigenvalue weighted by molar-refractivity contribution is -0.175. The van der Waals surface area contributed by atoms with E-state index in [2.05, 4.69) is 5.43 Å². The van der Waals surface area contributed by atoms with E-state index in [0.717, 1.165) is 5.56 Å². The smallest absolute Gasteiger partial charge is 0.443 e. The van der Waals surface area contributed by atoms with Crippen molar-refractivity contribution in [3.63, 3.8) is 0 Å². The number of hydrazine groups is 1. The molecule has 2 aromatic rings. The summed E-state index contributed by atoms with van der Waals surface area (Å²) < 4.78 is 44.0. The van der Waals surface area contributed by atoms with Crippen molar-refractivity contribution in [1.29, 1.82) is 0 Å². The highest BCUT2D eigenvalue weighted by atomic mass is 19.4. The number of aliphatic hydroxyl groups is 1. The van der Waals surface area contributed by atoms with Crippen LogP contribution in [0.3, 0.4) is 0 Å². The summed E-state index contributed by atoms with van der Waals surface area (Å²) in [5.74, 6) is -2.15. The molecular weight excluding hydrogens is 451 g/mol. The molecule has 0 bridgehead atoms. The van der Waals surface area contributed by atoms with Gasteiger partial charge in [0.15, 0.2) is 0 Å². The third-order valence-corrected chi connectivity index (χ3v) is 4.61. The van der Waals surface area contributed by atoms with Crippen molar-refractivity contribution < 1.29 is 32.6 Å². The molecule has 2 atom stereocenters. The molecule has 0 aliphatic heterocycles. The molecule has 0 aliphatic rings. The van der Waals surface area contributed by atoms with E-state index in [1.807, 2.05) is 11.4 Å². The van der Waals surface area contributed by atoms with E-state index in [4.69, 9.17) is 4.74 Å². The van der Waals surface area contributed by atoms with Crippen LogP contribution in [-0.4, -0.2) is 52.6 Å². The maximum Gasteiger partial charge on any atom is 0.471 e. The van der Waals surface area contributed by atoms with Gasteiger partial charge in [0, 0.05) is 13.1 Å². The molecular formula is C24H30F3N3O4. The fraction of sp³-hybridized carbons (Fsp3) is 0.417. The van der Waals surface area contributed by atoms with Gasteiger partial charge in [-0.3, -0.25) is 10.2 Å². The van der Waals surface area contributed by atoms with Gasteiger partial charge in [0.2, 0.25) is 0 Å². The number of benzene rings is 2. The van der Waals surface area contributed by atoms with Crippen molar-refractivity contribution in [2.24, 2.45) is 0 Å². The van der Waals surface area contributed by atoms with Crippen molar-refractivity contribution >= 4 is 12.0 Å². The molecule has 2 aromatic carbocycles. The van der Waals surface area contributed by atoms with Crippen LogP contribution in [0.2, 0.25) is 0 Å². The van der Waals surface area contributed by atoms with Crippen LogP contribution in [0.4, 0.5) is 18.0 Å². The molecule has 0 fully saturated rings. The van der Waals surface area contributed by atoms with Gasteiger partial charge in [-0.1, -0.05) is 60.7 Å².